The first-order valence-electron chi connectivity index (χ1n) is 8.40. The number of anilines is 1. The van der Waals surface area contributed by atoms with Crippen molar-refractivity contribution in [2.75, 3.05) is 32.1 Å². The fraction of sp³-hybridized carbons (Fsp3) is 0.389. The summed E-state index contributed by atoms with van der Waals surface area (Å²) < 4.78 is 1.86. The Morgan fingerprint density at radius 1 is 1.21 bits per heavy atom. The summed E-state index contributed by atoms with van der Waals surface area (Å²) in [7, 11) is 4.26. The van der Waals surface area contributed by atoms with E-state index in [1.54, 1.807) is 6.33 Å². The minimum Gasteiger partial charge on any atom is -0.352 e. The minimum absolute atomic E-state index is 0.499. The standard InChI is InChI=1S/C18H22N6/c1-22(2)12-15-9-6-10-23(15)17-11-16(14-7-4-3-5-8-14)21-18-19-13-20-24(17)18/h3-5,7-8,11,13,15H,6,9-10,12H2,1-2H3. The summed E-state index contributed by atoms with van der Waals surface area (Å²) in [5, 5.41) is 4.40. The maximum atomic E-state index is 4.68. The van der Waals surface area contributed by atoms with Crippen LogP contribution in [0.1, 0.15) is 12.8 Å². The SMILES string of the molecule is CN(C)CC1CCCN1c1cc(-c2ccccc2)nc2ncnn12. The Hall–Kier alpha value is -2.47. The van der Waals surface area contributed by atoms with Gasteiger partial charge < -0.3 is 9.80 Å². The van der Waals surface area contributed by atoms with Crippen LogP contribution in [0.25, 0.3) is 17.0 Å². The van der Waals surface area contributed by atoms with E-state index in [0.717, 1.165) is 30.2 Å². The van der Waals surface area contributed by atoms with Gasteiger partial charge in [0.05, 0.1) is 5.69 Å². The van der Waals surface area contributed by atoms with Crippen LogP contribution in [0, 0.1) is 0 Å². The highest BCUT2D eigenvalue weighted by atomic mass is 15.4. The van der Waals surface area contributed by atoms with Gasteiger partial charge in [-0.25, -0.2) is 4.98 Å². The lowest BCUT2D eigenvalue weighted by molar-refractivity contribution is 0.371. The van der Waals surface area contributed by atoms with E-state index >= 15 is 0 Å². The molecule has 1 fully saturated rings. The van der Waals surface area contributed by atoms with E-state index in [9.17, 15) is 0 Å². The molecule has 1 aliphatic rings. The molecule has 6 heteroatoms. The third kappa shape index (κ3) is 2.73. The van der Waals surface area contributed by atoms with Crippen LogP contribution in [0.15, 0.2) is 42.7 Å². The van der Waals surface area contributed by atoms with Gasteiger partial charge in [0.25, 0.3) is 5.78 Å². The van der Waals surface area contributed by atoms with Gasteiger partial charge >= 0.3 is 0 Å². The molecular weight excluding hydrogens is 300 g/mol. The molecule has 0 radical (unpaired) electrons. The summed E-state index contributed by atoms with van der Waals surface area (Å²) in [6.07, 6.45) is 3.99. The molecule has 0 N–H and O–H groups in total. The second-order valence-corrected chi connectivity index (χ2v) is 6.59. The summed E-state index contributed by atoms with van der Waals surface area (Å²) in [6.45, 7) is 2.09. The Morgan fingerprint density at radius 2 is 2.04 bits per heavy atom. The van der Waals surface area contributed by atoms with E-state index in [4.69, 9.17) is 0 Å². The lowest BCUT2D eigenvalue weighted by Gasteiger charge is -2.29. The zero-order valence-corrected chi connectivity index (χ0v) is 14.1. The molecule has 3 heterocycles. The number of hydrogen-bond acceptors (Lipinski definition) is 5. The molecule has 124 valence electrons. The Balaban J connectivity index is 1.80. The Labute approximate surface area is 141 Å². The highest BCUT2D eigenvalue weighted by molar-refractivity contribution is 5.66. The predicted octanol–water partition coefficient (Wildman–Crippen LogP) is 2.32. The second-order valence-electron chi connectivity index (χ2n) is 6.59. The number of likely N-dealkylation sites (N-methyl/N-ethyl adjacent to an activating group) is 1. The van der Waals surface area contributed by atoms with E-state index in [1.165, 1.54) is 12.8 Å². The third-order valence-corrected chi connectivity index (χ3v) is 4.55. The first kappa shape index (κ1) is 15.1. The fourth-order valence-electron chi connectivity index (χ4n) is 3.51. The summed E-state index contributed by atoms with van der Waals surface area (Å²) in [5.74, 6) is 1.74. The van der Waals surface area contributed by atoms with Gasteiger partial charge in [0.15, 0.2) is 0 Å². The number of rotatable bonds is 4. The zero-order valence-electron chi connectivity index (χ0n) is 14.1. The molecule has 4 rings (SSSR count). The zero-order chi connectivity index (χ0) is 16.5. The molecule has 3 aromatic rings. The number of fused-ring (bicyclic) bond motifs is 1. The van der Waals surface area contributed by atoms with Crippen LogP contribution < -0.4 is 4.90 Å². The van der Waals surface area contributed by atoms with Gasteiger partial charge in [-0.1, -0.05) is 30.3 Å². The Bertz CT molecular complexity index is 826. The number of benzene rings is 1. The van der Waals surface area contributed by atoms with Gasteiger partial charge in [0.2, 0.25) is 0 Å². The van der Waals surface area contributed by atoms with Crippen molar-refractivity contribution < 1.29 is 0 Å². The van der Waals surface area contributed by atoms with Crippen LogP contribution in [0.5, 0.6) is 0 Å². The number of aromatic nitrogens is 4. The van der Waals surface area contributed by atoms with Gasteiger partial charge in [0.1, 0.15) is 12.1 Å². The van der Waals surface area contributed by atoms with Gasteiger partial charge in [-0.15, -0.1) is 0 Å². The van der Waals surface area contributed by atoms with Crippen LogP contribution in [0.3, 0.4) is 0 Å². The molecule has 24 heavy (non-hydrogen) atoms. The third-order valence-electron chi connectivity index (χ3n) is 4.55. The lowest BCUT2D eigenvalue weighted by atomic mass is 10.1. The van der Waals surface area contributed by atoms with Crippen LogP contribution in [0.4, 0.5) is 5.82 Å². The van der Waals surface area contributed by atoms with Crippen molar-refractivity contribution in [1.82, 2.24) is 24.5 Å². The summed E-state index contributed by atoms with van der Waals surface area (Å²) in [5.41, 5.74) is 2.05. The van der Waals surface area contributed by atoms with Crippen molar-refractivity contribution in [1.29, 1.82) is 0 Å². The molecule has 1 aromatic carbocycles. The molecule has 0 aliphatic carbocycles. The fourth-order valence-corrected chi connectivity index (χ4v) is 3.51. The first-order chi connectivity index (χ1) is 11.7. The molecule has 2 aromatic heterocycles. The molecule has 6 nitrogen and oxygen atoms in total. The highest BCUT2D eigenvalue weighted by Gasteiger charge is 2.28. The second kappa shape index (κ2) is 6.20. The largest absolute Gasteiger partial charge is 0.352 e. The molecule has 0 spiro atoms. The Morgan fingerprint density at radius 3 is 2.83 bits per heavy atom. The van der Waals surface area contributed by atoms with Crippen molar-refractivity contribution >= 4 is 11.6 Å². The minimum atomic E-state index is 0.499. The van der Waals surface area contributed by atoms with Crippen molar-refractivity contribution in [3.63, 3.8) is 0 Å². The molecule has 1 unspecified atom stereocenters. The molecule has 1 atom stereocenters. The topological polar surface area (TPSA) is 49.6 Å². The van der Waals surface area contributed by atoms with E-state index in [-0.39, 0.29) is 0 Å². The quantitative estimate of drug-likeness (QED) is 0.738. The van der Waals surface area contributed by atoms with Gasteiger partial charge in [-0.2, -0.15) is 14.6 Å². The lowest BCUT2D eigenvalue weighted by Crippen LogP contribution is -2.38. The average molecular weight is 322 g/mol. The Kier molecular flexibility index (Phi) is 3.90. The summed E-state index contributed by atoms with van der Waals surface area (Å²) in [4.78, 5) is 13.7. The van der Waals surface area contributed by atoms with Crippen molar-refractivity contribution in [3.05, 3.63) is 42.7 Å². The molecular formula is C18H22N6. The average Bonchev–Trinajstić information content (AvgIpc) is 3.23. The predicted molar refractivity (Wildman–Crippen MR) is 95.1 cm³/mol. The first-order valence-corrected chi connectivity index (χ1v) is 8.40. The van der Waals surface area contributed by atoms with Crippen LogP contribution >= 0.6 is 0 Å². The number of nitrogens with zero attached hydrogens (tertiary/aromatic N) is 6. The summed E-state index contributed by atoms with van der Waals surface area (Å²) in [6, 6.07) is 12.9. The maximum Gasteiger partial charge on any atom is 0.254 e. The normalized spacial score (nSPS) is 18.0. The van der Waals surface area contributed by atoms with Crippen molar-refractivity contribution in [2.45, 2.75) is 18.9 Å². The van der Waals surface area contributed by atoms with E-state index in [2.05, 4.69) is 57.2 Å². The molecule has 0 amide bonds. The summed E-state index contributed by atoms with van der Waals surface area (Å²) >= 11 is 0. The molecule has 0 bridgehead atoms. The van der Waals surface area contributed by atoms with Crippen molar-refractivity contribution in [2.24, 2.45) is 0 Å². The monoisotopic (exact) mass is 322 g/mol. The van der Waals surface area contributed by atoms with Gasteiger partial charge in [0, 0.05) is 30.8 Å². The van der Waals surface area contributed by atoms with Crippen LogP contribution in [0.2, 0.25) is 0 Å². The van der Waals surface area contributed by atoms with Crippen LogP contribution in [-0.2, 0) is 0 Å². The molecule has 0 saturated carbocycles. The van der Waals surface area contributed by atoms with Gasteiger partial charge in [-0.3, -0.25) is 0 Å². The molecule has 1 saturated heterocycles. The van der Waals surface area contributed by atoms with Gasteiger partial charge in [-0.05, 0) is 26.9 Å². The van der Waals surface area contributed by atoms with Crippen LogP contribution in [-0.4, -0.2) is 57.7 Å². The molecule has 1 aliphatic heterocycles. The smallest absolute Gasteiger partial charge is 0.254 e. The maximum absolute atomic E-state index is 4.68. The van der Waals surface area contributed by atoms with E-state index < -0.39 is 0 Å². The van der Waals surface area contributed by atoms with E-state index in [1.807, 2.05) is 22.7 Å². The highest BCUT2D eigenvalue weighted by Crippen LogP contribution is 2.29. The number of hydrogen-bond donors (Lipinski definition) is 0. The van der Waals surface area contributed by atoms with E-state index in [0.29, 0.717) is 11.8 Å². The van der Waals surface area contributed by atoms with Crippen molar-refractivity contribution in [3.8, 4) is 11.3 Å².